The molecule has 2 aromatic rings. The van der Waals surface area contributed by atoms with E-state index < -0.39 is 5.60 Å². The molecule has 7 heteroatoms. The van der Waals surface area contributed by atoms with Crippen LogP contribution < -0.4 is 11.1 Å². The molecule has 0 aliphatic heterocycles. The third-order valence-corrected chi connectivity index (χ3v) is 7.81. The van der Waals surface area contributed by atoms with Crippen molar-refractivity contribution in [2.24, 2.45) is 23.2 Å². The molecule has 3 saturated carbocycles. The van der Waals surface area contributed by atoms with Crippen LogP contribution in [0.25, 0.3) is 11.0 Å². The third kappa shape index (κ3) is 3.59. The summed E-state index contributed by atoms with van der Waals surface area (Å²) in [6.07, 6.45) is 6.26. The van der Waals surface area contributed by atoms with Gasteiger partial charge in [0.05, 0.1) is 10.8 Å². The van der Waals surface area contributed by atoms with E-state index in [2.05, 4.69) is 15.3 Å². The molecule has 0 spiro atoms. The van der Waals surface area contributed by atoms with Crippen LogP contribution in [-0.4, -0.2) is 32.6 Å². The van der Waals surface area contributed by atoms with E-state index in [1.165, 1.54) is 0 Å². The zero-order valence-electron chi connectivity index (χ0n) is 19.9. The van der Waals surface area contributed by atoms with E-state index in [1.807, 2.05) is 40.7 Å². The number of fused-ring (bicyclic) bond motifs is 2. The molecule has 7 nitrogen and oxygen atoms in total. The number of ether oxygens (including phenoxy) is 1. The van der Waals surface area contributed by atoms with E-state index in [-0.39, 0.29) is 17.4 Å². The average Bonchev–Trinajstić information content (AvgIpc) is 2.98. The molecule has 3 aliphatic carbocycles. The van der Waals surface area contributed by atoms with Crippen molar-refractivity contribution in [2.75, 3.05) is 11.1 Å². The maximum Gasteiger partial charge on any atom is 0.312 e. The average molecular weight is 438 g/mol. The van der Waals surface area contributed by atoms with E-state index in [0.717, 1.165) is 55.2 Å². The maximum atomic E-state index is 13.1. The quantitative estimate of drug-likeness (QED) is 0.678. The van der Waals surface area contributed by atoms with Gasteiger partial charge in [0.1, 0.15) is 11.4 Å². The monoisotopic (exact) mass is 437 g/mol. The summed E-state index contributed by atoms with van der Waals surface area (Å²) >= 11 is 0. The predicted molar refractivity (Wildman–Crippen MR) is 125 cm³/mol. The number of hydrogen-bond donors (Lipinski definition) is 2. The van der Waals surface area contributed by atoms with Gasteiger partial charge in [-0.15, -0.1) is 0 Å². The van der Waals surface area contributed by atoms with Crippen molar-refractivity contribution in [3.8, 4) is 0 Å². The molecule has 172 valence electrons. The van der Waals surface area contributed by atoms with Crippen LogP contribution in [0.2, 0.25) is 0 Å². The van der Waals surface area contributed by atoms with Gasteiger partial charge < -0.3 is 15.8 Å². The lowest BCUT2D eigenvalue weighted by Gasteiger charge is -2.50. The van der Waals surface area contributed by atoms with E-state index in [1.54, 1.807) is 0 Å². The van der Waals surface area contributed by atoms with Crippen LogP contribution in [-0.2, 0) is 9.53 Å². The van der Waals surface area contributed by atoms with Gasteiger partial charge in [0, 0.05) is 11.7 Å². The summed E-state index contributed by atoms with van der Waals surface area (Å²) in [6.45, 7) is 9.87. The largest absolute Gasteiger partial charge is 0.460 e. The second-order valence-electron chi connectivity index (χ2n) is 11.4. The van der Waals surface area contributed by atoms with Gasteiger partial charge in [0.2, 0.25) is 5.95 Å². The highest BCUT2D eigenvalue weighted by Gasteiger charge is 2.64. The van der Waals surface area contributed by atoms with E-state index in [4.69, 9.17) is 15.5 Å². The number of nitrogen functional groups attached to an aromatic ring is 1. The van der Waals surface area contributed by atoms with Crippen LogP contribution in [0.15, 0.2) is 6.07 Å². The third-order valence-electron chi connectivity index (χ3n) is 7.81. The summed E-state index contributed by atoms with van der Waals surface area (Å²) in [5.74, 6) is 2.69. The SMILES string of the molecule is Cc1cc(C)c2c(N)nc(NC3CCC4C[C@]5(C(=O)OC(C)(C)C)C[C@H](C3)CC45)nc2n1. The first-order valence-electron chi connectivity index (χ1n) is 12.0. The van der Waals surface area contributed by atoms with Crippen LogP contribution in [0.3, 0.4) is 0 Å². The Morgan fingerprint density at radius 2 is 1.94 bits per heavy atom. The minimum atomic E-state index is -0.429. The highest BCUT2D eigenvalue weighted by Crippen LogP contribution is 2.66. The predicted octanol–water partition coefficient (Wildman–Crippen LogP) is 4.56. The minimum absolute atomic E-state index is 0.0302. The molecule has 2 aromatic heterocycles. The summed E-state index contributed by atoms with van der Waals surface area (Å²) in [5.41, 5.74) is 8.22. The molecular weight excluding hydrogens is 402 g/mol. The van der Waals surface area contributed by atoms with Crippen molar-refractivity contribution in [1.29, 1.82) is 0 Å². The number of pyridine rings is 1. The maximum absolute atomic E-state index is 13.1. The number of hydrogen-bond acceptors (Lipinski definition) is 7. The van der Waals surface area contributed by atoms with Crippen LogP contribution in [0.4, 0.5) is 11.8 Å². The Kier molecular flexibility index (Phi) is 4.88. The summed E-state index contributed by atoms with van der Waals surface area (Å²) in [5, 5.41) is 4.40. The van der Waals surface area contributed by atoms with Crippen molar-refractivity contribution in [2.45, 2.75) is 84.8 Å². The topological polar surface area (TPSA) is 103 Å². The molecule has 0 saturated heterocycles. The van der Waals surface area contributed by atoms with Gasteiger partial charge in [0.25, 0.3) is 0 Å². The Balaban J connectivity index is 1.34. The first-order chi connectivity index (χ1) is 15.0. The van der Waals surface area contributed by atoms with Gasteiger partial charge in [-0.2, -0.15) is 9.97 Å². The summed E-state index contributed by atoms with van der Waals surface area (Å²) in [7, 11) is 0. The highest BCUT2D eigenvalue weighted by atomic mass is 16.6. The normalized spacial score (nSPS) is 31.5. The number of carbonyl (C=O) groups is 1. The Labute approximate surface area is 189 Å². The molecule has 0 radical (unpaired) electrons. The van der Waals surface area contributed by atoms with E-state index >= 15 is 0 Å². The molecule has 3 unspecified atom stereocenters. The fraction of sp³-hybridized carbons (Fsp3) is 0.680. The van der Waals surface area contributed by atoms with Crippen molar-refractivity contribution in [3.63, 3.8) is 0 Å². The Morgan fingerprint density at radius 3 is 2.69 bits per heavy atom. The van der Waals surface area contributed by atoms with Crippen molar-refractivity contribution >= 4 is 28.8 Å². The molecule has 5 rings (SSSR count). The summed E-state index contributed by atoms with van der Waals surface area (Å²) in [6, 6.07) is 2.28. The van der Waals surface area contributed by atoms with E-state index in [0.29, 0.717) is 35.2 Å². The number of nitrogens with one attached hydrogen (secondary N) is 1. The number of nitrogens with two attached hydrogens (primary N) is 1. The van der Waals surface area contributed by atoms with Crippen LogP contribution in [0.1, 0.15) is 70.6 Å². The first kappa shape index (κ1) is 21.4. The van der Waals surface area contributed by atoms with Gasteiger partial charge in [-0.05, 0) is 103 Å². The second-order valence-corrected chi connectivity index (χ2v) is 11.4. The number of nitrogens with zero attached hydrogens (tertiary/aromatic N) is 3. The Bertz CT molecular complexity index is 1080. The molecule has 3 fully saturated rings. The lowest BCUT2D eigenvalue weighted by molar-refractivity contribution is -0.183. The molecule has 32 heavy (non-hydrogen) atoms. The molecule has 5 atom stereocenters. The molecule has 0 aromatic carbocycles. The van der Waals surface area contributed by atoms with Gasteiger partial charge in [-0.25, -0.2) is 4.98 Å². The minimum Gasteiger partial charge on any atom is -0.460 e. The fourth-order valence-electron chi connectivity index (χ4n) is 6.67. The lowest BCUT2D eigenvalue weighted by atomic mass is 9.54. The smallest absolute Gasteiger partial charge is 0.312 e. The van der Waals surface area contributed by atoms with E-state index in [9.17, 15) is 4.79 Å². The molecule has 3 N–H and O–H groups in total. The Morgan fingerprint density at radius 1 is 1.16 bits per heavy atom. The number of aryl methyl sites for hydroxylation is 2. The molecule has 0 amide bonds. The lowest BCUT2D eigenvalue weighted by Crippen LogP contribution is -2.52. The number of rotatable bonds is 3. The van der Waals surface area contributed by atoms with Crippen molar-refractivity contribution < 1.29 is 9.53 Å². The van der Waals surface area contributed by atoms with Crippen molar-refractivity contribution in [3.05, 3.63) is 17.3 Å². The number of esters is 1. The molecular formula is C25H35N5O2. The standard InChI is InChI=1S/C25H35N5O2/c1-13-8-14(2)27-21-19(13)20(26)29-23(30-21)28-17-7-6-16-12-25(22(31)32-24(3,4)5)11-15(9-17)10-18(16)25/h8,15-18H,6-7,9-12H2,1-5H3,(H3,26,27,28,29,30)/t15-,16?,17?,18?,25-/m1/s1. The molecule has 2 heterocycles. The zero-order chi connectivity index (χ0) is 22.8. The van der Waals surface area contributed by atoms with Crippen LogP contribution in [0.5, 0.6) is 0 Å². The van der Waals surface area contributed by atoms with Gasteiger partial charge in [0.15, 0.2) is 5.65 Å². The van der Waals surface area contributed by atoms with Crippen LogP contribution >= 0.6 is 0 Å². The van der Waals surface area contributed by atoms with Gasteiger partial charge >= 0.3 is 5.97 Å². The highest BCUT2D eigenvalue weighted by molar-refractivity contribution is 5.89. The molecule has 3 aliphatic rings. The fourth-order valence-corrected chi connectivity index (χ4v) is 6.67. The Hall–Kier alpha value is -2.44. The van der Waals surface area contributed by atoms with Gasteiger partial charge in [-0.3, -0.25) is 4.79 Å². The van der Waals surface area contributed by atoms with Crippen LogP contribution in [0, 0.1) is 37.0 Å². The summed E-state index contributed by atoms with van der Waals surface area (Å²) < 4.78 is 5.85. The number of carbonyl (C=O) groups excluding carboxylic acids is 1. The first-order valence-corrected chi connectivity index (χ1v) is 12.0. The second kappa shape index (κ2) is 7.29. The summed E-state index contributed by atoms with van der Waals surface area (Å²) in [4.78, 5) is 26.9. The van der Waals surface area contributed by atoms with Crippen molar-refractivity contribution in [1.82, 2.24) is 15.0 Å². The zero-order valence-corrected chi connectivity index (χ0v) is 19.9. The molecule has 2 bridgehead atoms. The number of anilines is 2. The number of aromatic nitrogens is 3. The van der Waals surface area contributed by atoms with Gasteiger partial charge in [-0.1, -0.05) is 0 Å².